The fourth-order valence-electron chi connectivity index (χ4n) is 3.75. The second kappa shape index (κ2) is 5.97. The molecule has 2 saturated carbocycles. The first-order valence-corrected chi connectivity index (χ1v) is 8.53. The fourth-order valence-corrected chi connectivity index (χ4v) is 4.17. The van der Waals surface area contributed by atoms with Crippen LogP contribution in [0, 0.1) is 5.92 Å². The highest BCUT2D eigenvalue weighted by Gasteiger charge is 2.32. The maximum atomic E-state index is 3.86. The van der Waals surface area contributed by atoms with Gasteiger partial charge in [-0.1, -0.05) is 40.9 Å². The van der Waals surface area contributed by atoms with Gasteiger partial charge in [0.15, 0.2) is 0 Å². The van der Waals surface area contributed by atoms with Crippen molar-refractivity contribution >= 4 is 15.9 Å². The molecule has 0 aromatic heterocycles. The lowest BCUT2D eigenvalue weighted by Gasteiger charge is -2.39. The fraction of sp³-hybridized carbons (Fsp3) is 0.647. The van der Waals surface area contributed by atoms with E-state index in [0.29, 0.717) is 0 Å². The summed E-state index contributed by atoms with van der Waals surface area (Å²) in [5.41, 5.74) is 1.50. The van der Waals surface area contributed by atoms with Crippen molar-refractivity contribution in [3.05, 3.63) is 34.3 Å². The Balaban J connectivity index is 1.47. The van der Waals surface area contributed by atoms with Crippen LogP contribution in [-0.2, 0) is 0 Å². The predicted octanol–water partition coefficient (Wildman–Crippen LogP) is 4.86. The Morgan fingerprint density at radius 3 is 2.63 bits per heavy atom. The van der Waals surface area contributed by atoms with E-state index in [9.17, 15) is 0 Å². The van der Waals surface area contributed by atoms with E-state index >= 15 is 0 Å². The van der Waals surface area contributed by atoms with Gasteiger partial charge in [0.1, 0.15) is 0 Å². The molecule has 0 saturated heterocycles. The largest absolute Gasteiger partial charge is 0.311 e. The van der Waals surface area contributed by atoms with Crippen LogP contribution in [0.3, 0.4) is 0 Å². The van der Waals surface area contributed by atoms with Crippen LogP contribution in [0.2, 0.25) is 0 Å². The van der Waals surface area contributed by atoms with Gasteiger partial charge in [0.25, 0.3) is 0 Å². The lowest BCUT2D eigenvalue weighted by Crippen LogP contribution is -2.46. The van der Waals surface area contributed by atoms with Gasteiger partial charge in [-0.2, -0.15) is 0 Å². The van der Waals surface area contributed by atoms with Gasteiger partial charge in [-0.05, 0) is 62.1 Å². The summed E-state index contributed by atoms with van der Waals surface area (Å²) in [6.07, 6.45) is 8.40. The normalized spacial score (nSPS) is 29.2. The van der Waals surface area contributed by atoms with Crippen LogP contribution in [0.15, 0.2) is 28.7 Å². The predicted molar refractivity (Wildman–Crippen MR) is 84.5 cm³/mol. The van der Waals surface area contributed by atoms with E-state index in [-0.39, 0.29) is 0 Å². The summed E-state index contributed by atoms with van der Waals surface area (Å²) < 4.78 is 1.21. The minimum absolute atomic E-state index is 0.718. The van der Waals surface area contributed by atoms with Crippen molar-refractivity contribution in [3.8, 4) is 0 Å². The maximum absolute atomic E-state index is 3.86. The Bertz CT molecular complexity index is 419. The first-order chi connectivity index (χ1) is 9.22. The van der Waals surface area contributed by atoms with E-state index < -0.39 is 0 Å². The molecule has 0 radical (unpaired) electrons. The molecule has 1 aromatic carbocycles. The molecule has 0 heterocycles. The highest BCUT2D eigenvalue weighted by molar-refractivity contribution is 9.10. The van der Waals surface area contributed by atoms with Crippen LogP contribution in [0.1, 0.15) is 56.9 Å². The molecule has 0 aliphatic heterocycles. The quantitative estimate of drug-likeness (QED) is 0.834. The van der Waals surface area contributed by atoms with E-state index in [1.54, 1.807) is 0 Å². The number of nitrogens with one attached hydrogen (secondary N) is 1. The van der Waals surface area contributed by atoms with E-state index in [2.05, 4.69) is 52.4 Å². The first-order valence-electron chi connectivity index (χ1n) is 7.74. The van der Waals surface area contributed by atoms with E-state index in [1.165, 1.54) is 48.6 Å². The zero-order valence-corrected chi connectivity index (χ0v) is 13.3. The molecular formula is C17H24BrN. The third kappa shape index (κ3) is 3.22. The minimum atomic E-state index is 0.718. The molecule has 19 heavy (non-hydrogen) atoms. The van der Waals surface area contributed by atoms with Crippen LogP contribution in [-0.4, -0.2) is 12.1 Å². The number of benzene rings is 1. The number of hydrogen-bond donors (Lipinski definition) is 1. The molecule has 104 valence electrons. The van der Waals surface area contributed by atoms with E-state index in [4.69, 9.17) is 0 Å². The molecule has 2 fully saturated rings. The standard InChI is InChI=1S/C17H24BrN/c1-12(13-5-2-3-6-13)19-17-10-15(11-17)14-7-4-8-16(18)9-14/h4,7-9,12-13,15,17,19H,2-3,5-6,10-11H2,1H3/t12-,15?,17?/m0/s1. The summed E-state index contributed by atoms with van der Waals surface area (Å²) in [5, 5.41) is 3.86. The molecule has 3 rings (SSSR count). The van der Waals surface area contributed by atoms with Gasteiger partial charge in [0.05, 0.1) is 0 Å². The van der Waals surface area contributed by atoms with Crippen molar-refractivity contribution in [2.45, 2.75) is 63.5 Å². The molecular weight excluding hydrogens is 298 g/mol. The maximum Gasteiger partial charge on any atom is 0.0178 e. The zero-order chi connectivity index (χ0) is 13.2. The van der Waals surface area contributed by atoms with E-state index in [0.717, 1.165) is 23.9 Å². The molecule has 0 amide bonds. The lowest BCUT2D eigenvalue weighted by atomic mass is 9.75. The summed E-state index contributed by atoms with van der Waals surface area (Å²) in [7, 11) is 0. The average Bonchev–Trinajstić information content (AvgIpc) is 2.86. The summed E-state index contributed by atoms with van der Waals surface area (Å²) >= 11 is 3.57. The van der Waals surface area contributed by atoms with Gasteiger partial charge >= 0.3 is 0 Å². The Hall–Kier alpha value is -0.340. The van der Waals surface area contributed by atoms with Crippen LogP contribution < -0.4 is 5.32 Å². The average molecular weight is 322 g/mol. The lowest BCUT2D eigenvalue weighted by molar-refractivity contribution is 0.239. The molecule has 1 N–H and O–H groups in total. The Labute approximate surface area is 125 Å². The topological polar surface area (TPSA) is 12.0 Å². The molecule has 0 bridgehead atoms. The first kappa shape index (κ1) is 13.6. The van der Waals surface area contributed by atoms with Crippen molar-refractivity contribution < 1.29 is 0 Å². The minimum Gasteiger partial charge on any atom is -0.311 e. The summed E-state index contributed by atoms with van der Waals surface area (Å²) in [4.78, 5) is 0. The van der Waals surface area contributed by atoms with Crippen molar-refractivity contribution in [2.24, 2.45) is 5.92 Å². The van der Waals surface area contributed by atoms with Crippen molar-refractivity contribution in [1.29, 1.82) is 0 Å². The number of rotatable bonds is 4. The molecule has 2 aliphatic rings. The van der Waals surface area contributed by atoms with Crippen molar-refractivity contribution in [3.63, 3.8) is 0 Å². The molecule has 1 atom stereocenters. The van der Waals surface area contributed by atoms with Gasteiger partial charge in [-0.3, -0.25) is 0 Å². The summed E-state index contributed by atoms with van der Waals surface area (Å²) in [5.74, 6) is 1.70. The second-order valence-corrected chi connectivity index (χ2v) is 7.34. The SMILES string of the molecule is C[C@H](NC1CC(c2cccc(Br)c2)C1)C1CCCC1. The Morgan fingerprint density at radius 1 is 1.21 bits per heavy atom. The van der Waals surface area contributed by atoms with Crippen molar-refractivity contribution in [2.75, 3.05) is 0 Å². The molecule has 1 nitrogen and oxygen atoms in total. The van der Waals surface area contributed by atoms with Crippen molar-refractivity contribution in [1.82, 2.24) is 5.32 Å². The third-order valence-corrected chi connectivity index (χ3v) is 5.56. The van der Waals surface area contributed by atoms with E-state index in [1.807, 2.05) is 0 Å². The van der Waals surface area contributed by atoms with Crippen LogP contribution in [0.5, 0.6) is 0 Å². The highest BCUT2D eigenvalue weighted by atomic mass is 79.9. The van der Waals surface area contributed by atoms with Gasteiger partial charge < -0.3 is 5.32 Å². The van der Waals surface area contributed by atoms with Gasteiger partial charge in [-0.15, -0.1) is 0 Å². The molecule has 1 aromatic rings. The number of hydrogen-bond acceptors (Lipinski definition) is 1. The van der Waals surface area contributed by atoms with Gasteiger partial charge in [0.2, 0.25) is 0 Å². The van der Waals surface area contributed by atoms with Crippen LogP contribution in [0.4, 0.5) is 0 Å². The monoisotopic (exact) mass is 321 g/mol. The third-order valence-electron chi connectivity index (χ3n) is 5.06. The highest BCUT2D eigenvalue weighted by Crippen LogP contribution is 2.38. The van der Waals surface area contributed by atoms with Crippen LogP contribution in [0.25, 0.3) is 0 Å². The second-order valence-electron chi connectivity index (χ2n) is 6.42. The molecule has 0 spiro atoms. The van der Waals surface area contributed by atoms with Gasteiger partial charge in [0, 0.05) is 16.6 Å². The zero-order valence-electron chi connectivity index (χ0n) is 11.7. The Kier molecular flexibility index (Phi) is 4.28. The Morgan fingerprint density at radius 2 is 1.95 bits per heavy atom. The molecule has 2 aliphatic carbocycles. The molecule has 2 heteroatoms. The summed E-state index contributed by atoms with van der Waals surface area (Å²) in [6, 6.07) is 10.3. The van der Waals surface area contributed by atoms with Gasteiger partial charge in [-0.25, -0.2) is 0 Å². The van der Waals surface area contributed by atoms with Crippen LogP contribution >= 0.6 is 15.9 Å². The smallest absolute Gasteiger partial charge is 0.0178 e. The summed E-state index contributed by atoms with van der Waals surface area (Å²) in [6.45, 7) is 2.39. The molecule has 0 unspecified atom stereocenters. The number of halogens is 1.